The first-order valence-electron chi connectivity index (χ1n) is 6.52. The van der Waals surface area contributed by atoms with E-state index in [0.717, 1.165) is 11.8 Å². The highest BCUT2D eigenvalue weighted by Crippen LogP contribution is 2.33. The van der Waals surface area contributed by atoms with Gasteiger partial charge in [0.25, 0.3) is 0 Å². The van der Waals surface area contributed by atoms with E-state index in [0.29, 0.717) is 0 Å². The predicted octanol–water partition coefficient (Wildman–Crippen LogP) is 4.70. The molecule has 2 rings (SSSR count). The van der Waals surface area contributed by atoms with Gasteiger partial charge in [-0.25, -0.2) is 0 Å². The molecule has 0 aromatic rings. The summed E-state index contributed by atoms with van der Waals surface area (Å²) in [4.78, 5) is 0. The third-order valence-electron chi connectivity index (χ3n) is 4.14. The van der Waals surface area contributed by atoms with Crippen LogP contribution in [0.25, 0.3) is 0 Å². The normalized spacial score (nSPS) is 33.1. The average Bonchev–Trinajstić information content (AvgIpc) is 2.70. The lowest BCUT2D eigenvalue weighted by Gasteiger charge is -2.26. The topological polar surface area (TPSA) is 0 Å². The van der Waals surface area contributed by atoms with Gasteiger partial charge in [-0.2, -0.15) is 0 Å². The van der Waals surface area contributed by atoms with Crippen LogP contribution >= 0.6 is 0 Å². The molecule has 0 unspecified atom stereocenters. The zero-order valence-electron chi connectivity index (χ0n) is 9.60. The van der Waals surface area contributed by atoms with E-state index >= 15 is 0 Å². The molecule has 0 radical (unpaired) electrons. The fourth-order valence-corrected chi connectivity index (χ4v) is 2.97. The molecule has 2 aliphatic carbocycles. The largest absolute Gasteiger partial charge is 0.0853 e. The highest BCUT2D eigenvalue weighted by Gasteiger charge is 2.18. The van der Waals surface area contributed by atoms with Crippen LogP contribution in [0.15, 0.2) is 11.6 Å². The molecule has 0 N–H and O–H groups in total. The van der Waals surface area contributed by atoms with E-state index in [1.54, 1.807) is 5.57 Å². The first-order valence-corrected chi connectivity index (χ1v) is 6.52. The molecule has 0 heteroatoms. The van der Waals surface area contributed by atoms with Crippen LogP contribution in [-0.4, -0.2) is 0 Å². The minimum Gasteiger partial charge on any atom is -0.0853 e. The molecule has 0 nitrogen and oxygen atoms in total. The van der Waals surface area contributed by atoms with E-state index in [-0.39, 0.29) is 0 Å². The summed E-state index contributed by atoms with van der Waals surface area (Å²) in [5.41, 5.74) is 1.77. The maximum absolute atomic E-state index is 2.49. The Hall–Kier alpha value is -0.260. The van der Waals surface area contributed by atoms with Gasteiger partial charge in [-0.3, -0.25) is 0 Å². The van der Waals surface area contributed by atoms with Gasteiger partial charge < -0.3 is 0 Å². The van der Waals surface area contributed by atoms with E-state index in [1.807, 2.05) is 0 Å². The molecule has 0 amide bonds. The molecule has 0 aliphatic heterocycles. The lowest BCUT2D eigenvalue weighted by Crippen LogP contribution is -2.12. The van der Waals surface area contributed by atoms with Crippen molar-refractivity contribution in [3.63, 3.8) is 0 Å². The van der Waals surface area contributed by atoms with Gasteiger partial charge in [0, 0.05) is 0 Å². The van der Waals surface area contributed by atoms with Crippen molar-refractivity contribution in [2.24, 2.45) is 11.8 Å². The molecule has 0 aromatic heterocycles. The second kappa shape index (κ2) is 5.00. The molecule has 0 spiro atoms. The van der Waals surface area contributed by atoms with Gasteiger partial charge in [0.15, 0.2) is 0 Å². The Morgan fingerprint density at radius 2 is 2.00 bits per heavy atom. The zero-order chi connectivity index (χ0) is 9.80. The van der Waals surface area contributed by atoms with Crippen molar-refractivity contribution in [2.45, 2.75) is 64.7 Å². The van der Waals surface area contributed by atoms with Crippen molar-refractivity contribution in [3.05, 3.63) is 11.6 Å². The molecule has 1 fully saturated rings. The van der Waals surface area contributed by atoms with Crippen LogP contribution in [0, 0.1) is 11.8 Å². The molecule has 0 aromatic carbocycles. The predicted molar refractivity (Wildman–Crippen MR) is 62.3 cm³/mol. The van der Waals surface area contributed by atoms with Crippen molar-refractivity contribution < 1.29 is 0 Å². The molecule has 0 heterocycles. The minimum atomic E-state index is 1.01. The van der Waals surface area contributed by atoms with Crippen LogP contribution in [0.5, 0.6) is 0 Å². The maximum Gasteiger partial charge on any atom is -0.0317 e. The Morgan fingerprint density at radius 1 is 1.21 bits per heavy atom. The van der Waals surface area contributed by atoms with E-state index in [2.05, 4.69) is 13.0 Å². The summed E-state index contributed by atoms with van der Waals surface area (Å²) in [6.07, 6.45) is 15.6. The summed E-state index contributed by atoms with van der Waals surface area (Å²) in [5.74, 6) is 2.07. The molecule has 0 saturated heterocycles. The molecule has 80 valence electrons. The fourth-order valence-electron chi connectivity index (χ4n) is 2.97. The lowest BCUT2D eigenvalue weighted by atomic mass is 9.80. The van der Waals surface area contributed by atoms with Crippen LogP contribution in [0.2, 0.25) is 0 Å². The fraction of sp³-hybridized carbons (Fsp3) is 0.857. The van der Waals surface area contributed by atoms with Crippen molar-refractivity contribution in [3.8, 4) is 0 Å². The zero-order valence-corrected chi connectivity index (χ0v) is 9.60. The van der Waals surface area contributed by atoms with Crippen LogP contribution < -0.4 is 0 Å². The summed E-state index contributed by atoms with van der Waals surface area (Å²) in [5, 5.41) is 0. The number of hydrogen-bond donors (Lipinski definition) is 0. The number of rotatable bonds is 3. The van der Waals surface area contributed by atoms with Crippen molar-refractivity contribution in [1.29, 1.82) is 0 Å². The van der Waals surface area contributed by atoms with Crippen LogP contribution in [-0.2, 0) is 0 Å². The molecule has 2 aliphatic rings. The van der Waals surface area contributed by atoms with E-state index in [1.165, 1.54) is 57.8 Å². The third-order valence-corrected chi connectivity index (χ3v) is 4.14. The van der Waals surface area contributed by atoms with Gasteiger partial charge in [-0.15, -0.1) is 0 Å². The van der Waals surface area contributed by atoms with Gasteiger partial charge in [-0.05, 0) is 43.9 Å². The first kappa shape index (κ1) is 10.3. The quantitative estimate of drug-likeness (QED) is 0.568. The third kappa shape index (κ3) is 2.87. The Labute approximate surface area is 88.8 Å². The van der Waals surface area contributed by atoms with Crippen molar-refractivity contribution >= 4 is 0 Å². The van der Waals surface area contributed by atoms with E-state index in [9.17, 15) is 0 Å². The number of allylic oxidation sites excluding steroid dienone is 2. The Morgan fingerprint density at radius 3 is 2.64 bits per heavy atom. The summed E-state index contributed by atoms with van der Waals surface area (Å²) in [6.45, 7) is 2.41. The number of hydrogen-bond acceptors (Lipinski definition) is 0. The minimum absolute atomic E-state index is 1.01. The molecular weight excluding hydrogens is 168 g/mol. The monoisotopic (exact) mass is 192 g/mol. The first-order chi connectivity index (χ1) is 6.84. The summed E-state index contributed by atoms with van der Waals surface area (Å²) < 4.78 is 0. The Bertz CT molecular complexity index is 194. The van der Waals surface area contributed by atoms with Gasteiger partial charge >= 0.3 is 0 Å². The SMILES string of the molecule is CC1CCC(CCC2=CCCC2)CC1. The highest BCUT2D eigenvalue weighted by molar-refractivity contribution is 5.07. The molecule has 0 bridgehead atoms. The molecule has 0 atom stereocenters. The smallest absolute Gasteiger partial charge is 0.0317 e. The summed E-state index contributed by atoms with van der Waals surface area (Å²) in [6, 6.07) is 0. The Balaban J connectivity index is 1.65. The van der Waals surface area contributed by atoms with Crippen molar-refractivity contribution in [2.75, 3.05) is 0 Å². The van der Waals surface area contributed by atoms with Crippen molar-refractivity contribution in [1.82, 2.24) is 0 Å². The standard InChI is InChI=1S/C14H24/c1-12-6-8-14(9-7-12)11-10-13-4-2-3-5-13/h4,12,14H,2-3,5-11H2,1H3. The second-order valence-electron chi connectivity index (χ2n) is 5.42. The second-order valence-corrected chi connectivity index (χ2v) is 5.42. The van der Waals surface area contributed by atoms with Gasteiger partial charge in [0.2, 0.25) is 0 Å². The van der Waals surface area contributed by atoms with Crippen LogP contribution in [0.4, 0.5) is 0 Å². The lowest BCUT2D eigenvalue weighted by molar-refractivity contribution is 0.277. The van der Waals surface area contributed by atoms with Crippen LogP contribution in [0.3, 0.4) is 0 Å². The average molecular weight is 192 g/mol. The maximum atomic E-state index is 2.49. The Kier molecular flexibility index (Phi) is 3.67. The van der Waals surface area contributed by atoms with E-state index in [4.69, 9.17) is 0 Å². The van der Waals surface area contributed by atoms with E-state index < -0.39 is 0 Å². The summed E-state index contributed by atoms with van der Waals surface area (Å²) >= 11 is 0. The summed E-state index contributed by atoms with van der Waals surface area (Å²) in [7, 11) is 0. The molecule has 14 heavy (non-hydrogen) atoms. The molecule has 1 saturated carbocycles. The van der Waals surface area contributed by atoms with Gasteiger partial charge in [0.1, 0.15) is 0 Å². The van der Waals surface area contributed by atoms with Gasteiger partial charge in [0.05, 0.1) is 0 Å². The highest BCUT2D eigenvalue weighted by atomic mass is 14.2. The van der Waals surface area contributed by atoms with Crippen LogP contribution in [0.1, 0.15) is 64.7 Å². The van der Waals surface area contributed by atoms with Gasteiger partial charge in [-0.1, -0.05) is 44.3 Å². The molecular formula is C14H24.